The number of hydrogen-bond acceptors (Lipinski definition) is 5. The summed E-state index contributed by atoms with van der Waals surface area (Å²) in [6.45, 7) is 3.90. The Kier molecular flexibility index (Phi) is 6.55. The van der Waals surface area contributed by atoms with Gasteiger partial charge in [0.05, 0.1) is 11.1 Å². The molecule has 1 saturated carbocycles. The topological polar surface area (TPSA) is 113 Å². The molecule has 9 nitrogen and oxygen atoms in total. The van der Waals surface area contributed by atoms with Crippen LogP contribution in [0.5, 0.6) is 0 Å². The van der Waals surface area contributed by atoms with E-state index < -0.39 is 11.5 Å². The number of para-hydroxylation sites is 1. The van der Waals surface area contributed by atoms with Gasteiger partial charge in [-0.3, -0.25) is 14.5 Å². The maximum absolute atomic E-state index is 13.7. The fourth-order valence-electron chi connectivity index (χ4n) is 6.57. The number of fused-ring (bicyclic) bond motifs is 3. The van der Waals surface area contributed by atoms with Crippen molar-refractivity contribution in [3.8, 4) is 0 Å². The summed E-state index contributed by atoms with van der Waals surface area (Å²) in [4.78, 5) is 46.2. The van der Waals surface area contributed by atoms with E-state index in [0.29, 0.717) is 50.0 Å². The standard InChI is InChI=1S/C29H35N5O4/c1-18-6-8-20(9-7-18)25(33-28(37)34-13-10-19-4-2-3-5-23(19)34)26(35)32-24-16-22-21(17-30-24)29(27(36)31-22)11-14-38-15-12-29/h2-5,16-18,20,25H,6-15H2,1H3,(H,31,36)(H,33,37)(H,30,32,35). The molecule has 1 atom stereocenters. The molecule has 200 valence electrons. The van der Waals surface area contributed by atoms with E-state index in [1.807, 2.05) is 24.3 Å². The molecular weight excluding hydrogens is 482 g/mol. The third-order valence-corrected chi connectivity index (χ3v) is 8.93. The number of anilines is 3. The number of carbonyl (C=O) groups is 3. The number of ether oxygens (including phenoxy) is 1. The normalized spacial score (nSPS) is 24.3. The summed E-state index contributed by atoms with van der Waals surface area (Å²) in [6.07, 6.45) is 7.57. The molecule has 6 rings (SSSR count). The van der Waals surface area contributed by atoms with Crippen LogP contribution >= 0.6 is 0 Å². The van der Waals surface area contributed by atoms with Gasteiger partial charge < -0.3 is 20.7 Å². The molecule has 38 heavy (non-hydrogen) atoms. The van der Waals surface area contributed by atoms with Gasteiger partial charge in [0.2, 0.25) is 11.8 Å². The lowest BCUT2D eigenvalue weighted by Crippen LogP contribution is -2.53. The summed E-state index contributed by atoms with van der Waals surface area (Å²) >= 11 is 0. The molecule has 4 amide bonds. The van der Waals surface area contributed by atoms with E-state index in [1.165, 1.54) is 0 Å². The molecule has 1 aliphatic carbocycles. The van der Waals surface area contributed by atoms with Crippen molar-refractivity contribution in [1.29, 1.82) is 0 Å². The van der Waals surface area contributed by atoms with E-state index in [-0.39, 0.29) is 23.8 Å². The molecule has 4 heterocycles. The first-order valence-electron chi connectivity index (χ1n) is 13.8. The minimum Gasteiger partial charge on any atom is -0.381 e. The van der Waals surface area contributed by atoms with Gasteiger partial charge in [-0.1, -0.05) is 38.0 Å². The Morgan fingerprint density at radius 2 is 1.92 bits per heavy atom. The highest BCUT2D eigenvalue weighted by Gasteiger charge is 2.48. The minimum absolute atomic E-state index is 0.0339. The van der Waals surface area contributed by atoms with Crippen molar-refractivity contribution >= 4 is 35.0 Å². The monoisotopic (exact) mass is 517 g/mol. The molecule has 2 aromatic rings. The maximum atomic E-state index is 13.7. The van der Waals surface area contributed by atoms with E-state index in [4.69, 9.17) is 4.74 Å². The van der Waals surface area contributed by atoms with Crippen molar-refractivity contribution in [2.75, 3.05) is 35.3 Å². The number of nitrogens with zero attached hydrogens (tertiary/aromatic N) is 2. The SMILES string of the molecule is CC1CCC(C(NC(=O)N2CCc3ccccc32)C(=O)Nc2cc3c(cn2)C2(CCOCC2)C(=O)N3)CC1. The molecule has 3 aliphatic heterocycles. The first kappa shape index (κ1) is 24.9. The van der Waals surface area contributed by atoms with Crippen LogP contribution in [0.4, 0.5) is 22.0 Å². The number of urea groups is 1. The molecule has 0 bridgehead atoms. The quantitative estimate of drug-likeness (QED) is 0.568. The second-order valence-electron chi connectivity index (χ2n) is 11.2. The highest BCUT2D eigenvalue weighted by atomic mass is 16.5. The fourth-order valence-corrected chi connectivity index (χ4v) is 6.57. The zero-order valence-corrected chi connectivity index (χ0v) is 21.8. The Balaban J connectivity index is 1.21. The summed E-state index contributed by atoms with van der Waals surface area (Å²) < 4.78 is 5.48. The number of benzene rings is 1. The van der Waals surface area contributed by atoms with Gasteiger partial charge in [0, 0.05) is 43.3 Å². The predicted molar refractivity (Wildman–Crippen MR) is 144 cm³/mol. The van der Waals surface area contributed by atoms with Crippen molar-refractivity contribution in [3.63, 3.8) is 0 Å². The largest absolute Gasteiger partial charge is 0.381 e. The maximum Gasteiger partial charge on any atom is 0.322 e. The van der Waals surface area contributed by atoms with Crippen LogP contribution in [0.15, 0.2) is 36.5 Å². The average Bonchev–Trinajstić information content (AvgIpc) is 3.47. The van der Waals surface area contributed by atoms with Crippen LogP contribution in [0.1, 0.15) is 56.6 Å². The average molecular weight is 518 g/mol. The molecular formula is C29H35N5O4. The number of nitrogens with one attached hydrogen (secondary N) is 3. The highest BCUT2D eigenvalue weighted by Crippen LogP contribution is 2.44. The van der Waals surface area contributed by atoms with Gasteiger partial charge in [-0.15, -0.1) is 0 Å². The lowest BCUT2D eigenvalue weighted by molar-refractivity contribution is -0.124. The van der Waals surface area contributed by atoms with E-state index >= 15 is 0 Å². The zero-order valence-electron chi connectivity index (χ0n) is 21.8. The Hall–Kier alpha value is -3.46. The van der Waals surface area contributed by atoms with Crippen molar-refractivity contribution in [2.45, 2.75) is 63.3 Å². The zero-order chi connectivity index (χ0) is 26.3. The third-order valence-electron chi connectivity index (χ3n) is 8.93. The van der Waals surface area contributed by atoms with Gasteiger partial charge in [-0.2, -0.15) is 0 Å². The Bertz CT molecular complexity index is 1250. The summed E-state index contributed by atoms with van der Waals surface area (Å²) in [5.74, 6) is 0.729. The molecule has 0 radical (unpaired) electrons. The number of hydrogen-bond donors (Lipinski definition) is 3. The van der Waals surface area contributed by atoms with Crippen molar-refractivity contribution in [2.24, 2.45) is 11.8 Å². The van der Waals surface area contributed by atoms with E-state index in [1.54, 1.807) is 17.2 Å². The number of pyridine rings is 1. The lowest BCUT2D eigenvalue weighted by atomic mass is 9.76. The smallest absolute Gasteiger partial charge is 0.322 e. The molecule has 3 N–H and O–H groups in total. The molecule has 1 spiro atoms. The molecule has 1 aromatic heterocycles. The van der Waals surface area contributed by atoms with Gasteiger partial charge in [0.1, 0.15) is 11.9 Å². The van der Waals surface area contributed by atoms with Crippen molar-refractivity contribution in [1.82, 2.24) is 10.3 Å². The second kappa shape index (κ2) is 10.0. The summed E-state index contributed by atoms with van der Waals surface area (Å²) in [6, 6.07) is 8.72. The Morgan fingerprint density at radius 3 is 2.71 bits per heavy atom. The van der Waals surface area contributed by atoms with Crippen LogP contribution < -0.4 is 20.9 Å². The van der Waals surface area contributed by atoms with E-state index in [2.05, 4.69) is 27.9 Å². The first-order valence-corrected chi connectivity index (χ1v) is 13.8. The summed E-state index contributed by atoms with van der Waals surface area (Å²) in [5.41, 5.74) is 2.98. The molecule has 1 aromatic carbocycles. The van der Waals surface area contributed by atoms with Crippen molar-refractivity contribution in [3.05, 3.63) is 47.7 Å². The van der Waals surface area contributed by atoms with Crippen LogP contribution in [0, 0.1) is 11.8 Å². The lowest BCUT2D eigenvalue weighted by Gasteiger charge is -2.33. The van der Waals surface area contributed by atoms with Gasteiger partial charge in [0.25, 0.3) is 0 Å². The van der Waals surface area contributed by atoms with Crippen LogP contribution in [0.2, 0.25) is 0 Å². The minimum atomic E-state index is -0.672. The summed E-state index contributed by atoms with van der Waals surface area (Å²) in [5, 5.41) is 9.00. The van der Waals surface area contributed by atoms with Crippen LogP contribution in [0.25, 0.3) is 0 Å². The van der Waals surface area contributed by atoms with E-state index in [9.17, 15) is 14.4 Å². The van der Waals surface area contributed by atoms with Gasteiger partial charge in [-0.25, -0.2) is 9.78 Å². The predicted octanol–water partition coefficient (Wildman–Crippen LogP) is 3.99. The molecule has 9 heteroatoms. The fraction of sp³-hybridized carbons (Fsp3) is 0.517. The van der Waals surface area contributed by atoms with Crippen LogP contribution in [-0.2, 0) is 26.2 Å². The second-order valence-corrected chi connectivity index (χ2v) is 11.2. The number of amides is 4. The molecule has 4 aliphatic rings. The van der Waals surface area contributed by atoms with E-state index in [0.717, 1.165) is 48.9 Å². The van der Waals surface area contributed by atoms with Crippen LogP contribution in [-0.4, -0.2) is 48.6 Å². The van der Waals surface area contributed by atoms with Crippen LogP contribution in [0.3, 0.4) is 0 Å². The molecule has 1 unspecified atom stereocenters. The van der Waals surface area contributed by atoms with Crippen molar-refractivity contribution < 1.29 is 19.1 Å². The molecule has 1 saturated heterocycles. The first-order chi connectivity index (χ1) is 18.4. The van der Waals surface area contributed by atoms with Gasteiger partial charge in [-0.05, 0) is 55.6 Å². The Labute approximate surface area is 222 Å². The summed E-state index contributed by atoms with van der Waals surface area (Å²) in [7, 11) is 0. The Morgan fingerprint density at radius 1 is 1.16 bits per heavy atom. The van der Waals surface area contributed by atoms with Gasteiger partial charge in [0.15, 0.2) is 0 Å². The van der Waals surface area contributed by atoms with Gasteiger partial charge >= 0.3 is 6.03 Å². The number of rotatable bonds is 4. The highest BCUT2D eigenvalue weighted by molar-refractivity contribution is 6.07. The third kappa shape index (κ3) is 4.42. The number of carbonyl (C=O) groups excluding carboxylic acids is 3. The molecule has 2 fully saturated rings. The number of aromatic nitrogens is 1.